The Labute approximate surface area is 206 Å². The molecule has 7 nitrogen and oxygen atoms in total. The second kappa shape index (κ2) is 10.1. The highest BCUT2D eigenvalue weighted by Crippen LogP contribution is 2.44. The van der Waals surface area contributed by atoms with Gasteiger partial charge in [-0.15, -0.1) is 0 Å². The summed E-state index contributed by atoms with van der Waals surface area (Å²) in [6.45, 7) is 5.58. The molecule has 7 heteroatoms. The Morgan fingerprint density at radius 3 is 2.17 bits per heavy atom. The van der Waals surface area contributed by atoms with E-state index in [1.807, 2.05) is 24.3 Å². The van der Waals surface area contributed by atoms with Gasteiger partial charge in [-0.3, -0.25) is 4.79 Å². The largest absolute Gasteiger partial charge is 0.480 e. The third kappa shape index (κ3) is 5.50. The third-order valence-electron chi connectivity index (χ3n) is 7.17. The van der Waals surface area contributed by atoms with Crippen LogP contribution in [0, 0.1) is 11.3 Å². The molecule has 0 spiro atoms. The summed E-state index contributed by atoms with van der Waals surface area (Å²) in [4.78, 5) is 36.9. The van der Waals surface area contributed by atoms with Crippen molar-refractivity contribution in [2.45, 2.75) is 64.5 Å². The van der Waals surface area contributed by atoms with Crippen molar-refractivity contribution < 1.29 is 24.2 Å². The first-order valence-corrected chi connectivity index (χ1v) is 12.3. The maximum absolute atomic E-state index is 12.7. The molecular formula is C28H34N2O5. The molecule has 2 aliphatic carbocycles. The van der Waals surface area contributed by atoms with Crippen molar-refractivity contribution in [3.63, 3.8) is 0 Å². The molecule has 1 fully saturated rings. The van der Waals surface area contributed by atoms with Gasteiger partial charge in [0, 0.05) is 18.4 Å². The standard InChI is InChI=1S/C28H34N2O5/c1-28(2,3)25(26(32)33)30-24(31)15-17-9-8-14-23(17)29-27(34)35-16-22-20-12-6-4-10-18(20)19-11-5-7-13-21(19)22/h4-7,10-13,17,22-23,25H,8-9,14-16H2,1-3H3,(H,29,34)(H,30,31)(H,32,33)/t17?,23?,25-/m1/s1. The van der Waals surface area contributed by atoms with E-state index in [2.05, 4.69) is 34.9 Å². The second-order valence-corrected chi connectivity index (χ2v) is 10.7. The molecule has 2 aromatic rings. The van der Waals surface area contributed by atoms with Crippen molar-refractivity contribution in [1.29, 1.82) is 0 Å². The predicted molar refractivity (Wildman–Crippen MR) is 133 cm³/mol. The summed E-state index contributed by atoms with van der Waals surface area (Å²) in [6.07, 6.45) is 2.16. The predicted octanol–water partition coefficient (Wildman–Crippen LogP) is 4.70. The van der Waals surface area contributed by atoms with Gasteiger partial charge in [0.2, 0.25) is 5.91 Å². The zero-order chi connectivity index (χ0) is 25.2. The highest BCUT2D eigenvalue weighted by Gasteiger charge is 2.36. The fourth-order valence-corrected chi connectivity index (χ4v) is 5.37. The van der Waals surface area contributed by atoms with Crippen LogP contribution in [0.1, 0.15) is 63.5 Å². The zero-order valence-corrected chi connectivity index (χ0v) is 20.5. The fraction of sp³-hybridized carbons (Fsp3) is 0.464. The molecule has 2 aliphatic rings. The quantitative estimate of drug-likeness (QED) is 0.535. The molecule has 0 saturated heterocycles. The van der Waals surface area contributed by atoms with Crippen LogP contribution >= 0.6 is 0 Å². The van der Waals surface area contributed by atoms with E-state index in [1.54, 1.807) is 20.8 Å². The molecule has 0 aliphatic heterocycles. The highest BCUT2D eigenvalue weighted by atomic mass is 16.5. The lowest BCUT2D eigenvalue weighted by atomic mass is 9.86. The lowest BCUT2D eigenvalue weighted by molar-refractivity contribution is -0.145. The molecule has 2 aromatic carbocycles. The topological polar surface area (TPSA) is 105 Å². The van der Waals surface area contributed by atoms with Gasteiger partial charge in [-0.25, -0.2) is 9.59 Å². The van der Waals surface area contributed by atoms with Gasteiger partial charge in [0.05, 0.1) is 0 Å². The van der Waals surface area contributed by atoms with Crippen LogP contribution in [0.25, 0.3) is 11.1 Å². The van der Waals surface area contributed by atoms with Gasteiger partial charge in [0.25, 0.3) is 0 Å². The van der Waals surface area contributed by atoms with E-state index in [0.29, 0.717) is 0 Å². The van der Waals surface area contributed by atoms with E-state index in [9.17, 15) is 19.5 Å². The minimum atomic E-state index is -1.05. The Balaban J connectivity index is 1.33. The molecule has 0 heterocycles. The first-order chi connectivity index (χ1) is 16.6. The highest BCUT2D eigenvalue weighted by molar-refractivity contribution is 5.84. The van der Waals surface area contributed by atoms with Crippen molar-refractivity contribution in [1.82, 2.24) is 10.6 Å². The average Bonchev–Trinajstić information content (AvgIpc) is 3.37. The Morgan fingerprint density at radius 1 is 1.00 bits per heavy atom. The van der Waals surface area contributed by atoms with Crippen molar-refractivity contribution in [2.75, 3.05) is 6.61 Å². The maximum atomic E-state index is 12.7. The first kappa shape index (κ1) is 24.8. The molecule has 1 saturated carbocycles. The average molecular weight is 479 g/mol. The monoisotopic (exact) mass is 478 g/mol. The van der Waals surface area contributed by atoms with Crippen molar-refractivity contribution in [3.05, 3.63) is 59.7 Å². The number of benzene rings is 2. The minimum absolute atomic E-state index is 0.0105. The maximum Gasteiger partial charge on any atom is 0.407 e. The fourth-order valence-electron chi connectivity index (χ4n) is 5.37. The van der Waals surface area contributed by atoms with Gasteiger partial charge in [-0.2, -0.15) is 0 Å². The molecule has 0 aromatic heterocycles. The summed E-state index contributed by atoms with van der Waals surface area (Å²) >= 11 is 0. The number of carboxylic acids is 1. The van der Waals surface area contributed by atoms with Crippen molar-refractivity contribution >= 4 is 18.0 Å². The van der Waals surface area contributed by atoms with E-state index >= 15 is 0 Å². The normalized spacial score (nSPS) is 20.0. The summed E-state index contributed by atoms with van der Waals surface area (Å²) in [5.74, 6) is -1.42. The second-order valence-electron chi connectivity index (χ2n) is 10.7. The Hall–Kier alpha value is -3.35. The van der Waals surface area contributed by atoms with Gasteiger partial charge in [-0.1, -0.05) is 75.7 Å². The van der Waals surface area contributed by atoms with Crippen LogP contribution in [-0.2, 0) is 14.3 Å². The van der Waals surface area contributed by atoms with Gasteiger partial charge >= 0.3 is 12.1 Å². The van der Waals surface area contributed by atoms with E-state index < -0.39 is 23.5 Å². The number of ether oxygens (including phenoxy) is 1. The van der Waals surface area contributed by atoms with E-state index in [0.717, 1.165) is 30.4 Å². The lowest BCUT2D eigenvalue weighted by Crippen LogP contribution is -2.50. The van der Waals surface area contributed by atoms with Crippen LogP contribution in [0.4, 0.5) is 4.79 Å². The summed E-state index contributed by atoms with van der Waals surface area (Å²) < 4.78 is 5.67. The summed E-state index contributed by atoms with van der Waals surface area (Å²) in [7, 11) is 0. The number of carbonyl (C=O) groups is 3. The van der Waals surface area contributed by atoms with E-state index in [1.165, 1.54) is 11.1 Å². The van der Waals surface area contributed by atoms with E-state index in [4.69, 9.17) is 4.74 Å². The number of amides is 2. The Morgan fingerprint density at radius 2 is 1.60 bits per heavy atom. The molecule has 3 atom stereocenters. The minimum Gasteiger partial charge on any atom is -0.480 e. The number of nitrogens with one attached hydrogen (secondary N) is 2. The number of hydrogen-bond donors (Lipinski definition) is 3. The number of carboxylic acid groups (broad SMARTS) is 1. The molecule has 35 heavy (non-hydrogen) atoms. The number of aliphatic carboxylic acids is 1. The zero-order valence-electron chi connectivity index (χ0n) is 20.5. The van der Waals surface area contributed by atoms with Crippen LogP contribution in [0.3, 0.4) is 0 Å². The number of hydrogen-bond acceptors (Lipinski definition) is 4. The van der Waals surface area contributed by atoms with Crippen molar-refractivity contribution in [2.24, 2.45) is 11.3 Å². The summed E-state index contributed by atoms with van der Waals surface area (Å²) in [6, 6.07) is 15.2. The molecule has 0 radical (unpaired) electrons. The summed E-state index contributed by atoms with van der Waals surface area (Å²) in [5, 5.41) is 15.1. The van der Waals surface area contributed by atoms with Crippen LogP contribution < -0.4 is 10.6 Å². The van der Waals surface area contributed by atoms with Gasteiger partial charge in [0.15, 0.2) is 0 Å². The van der Waals surface area contributed by atoms with Crippen LogP contribution in [0.2, 0.25) is 0 Å². The molecule has 0 bridgehead atoms. The SMILES string of the molecule is CC(C)(C)[C@H](NC(=O)CC1CCCC1NC(=O)OCC1c2ccccc2-c2ccccc21)C(=O)O. The summed E-state index contributed by atoms with van der Waals surface area (Å²) in [5.41, 5.74) is 4.06. The number of fused-ring (bicyclic) bond motifs is 3. The first-order valence-electron chi connectivity index (χ1n) is 12.3. The van der Waals surface area contributed by atoms with Gasteiger partial charge < -0.3 is 20.5 Å². The van der Waals surface area contributed by atoms with Gasteiger partial charge in [-0.05, 0) is 46.4 Å². The van der Waals surface area contributed by atoms with Crippen LogP contribution in [0.5, 0.6) is 0 Å². The van der Waals surface area contributed by atoms with Crippen LogP contribution in [0.15, 0.2) is 48.5 Å². The molecular weight excluding hydrogens is 444 g/mol. The molecule has 2 amide bonds. The number of carbonyl (C=O) groups excluding carboxylic acids is 2. The smallest absolute Gasteiger partial charge is 0.407 e. The van der Waals surface area contributed by atoms with Gasteiger partial charge in [0.1, 0.15) is 12.6 Å². The lowest BCUT2D eigenvalue weighted by Gasteiger charge is -2.28. The molecule has 2 unspecified atom stereocenters. The van der Waals surface area contributed by atoms with E-state index in [-0.39, 0.29) is 36.8 Å². The number of rotatable bonds is 7. The molecule has 3 N–H and O–H groups in total. The molecule has 4 rings (SSSR count). The Bertz CT molecular complexity index is 1060. The Kier molecular flexibility index (Phi) is 7.15. The third-order valence-corrected chi connectivity index (χ3v) is 7.17. The number of alkyl carbamates (subject to hydrolysis) is 1. The van der Waals surface area contributed by atoms with Crippen LogP contribution in [-0.4, -0.2) is 41.8 Å². The molecule has 186 valence electrons. The van der Waals surface area contributed by atoms with Crippen molar-refractivity contribution in [3.8, 4) is 11.1 Å².